The topological polar surface area (TPSA) is 75.6 Å². The summed E-state index contributed by atoms with van der Waals surface area (Å²) in [5.41, 5.74) is 1.76. The van der Waals surface area contributed by atoms with Crippen LogP contribution in [-0.2, 0) is 5.41 Å². The molecule has 26 heavy (non-hydrogen) atoms. The molecule has 0 amide bonds. The average molecular weight is 370 g/mol. The molecule has 0 spiro atoms. The number of benzene rings is 1. The quantitative estimate of drug-likeness (QED) is 0.653. The van der Waals surface area contributed by atoms with Crippen LogP contribution < -0.4 is 10.0 Å². The van der Waals surface area contributed by atoms with E-state index in [4.69, 9.17) is 16.1 Å². The van der Waals surface area contributed by atoms with Crippen molar-refractivity contribution < 1.29 is 4.52 Å². The summed E-state index contributed by atoms with van der Waals surface area (Å²) in [4.78, 5) is 13.5. The van der Waals surface area contributed by atoms with Crippen molar-refractivity contribution in [2.75, 3.05) is 10.0 Å². The molecule has 1 aromatic carbocycles. The number of aliphatic imine (C=N–C) groups is 1. The highest BCUT2D eigenvalue weighted by molar-refractivity contribution is 6.29. The number of hydrazine groups is 1. The molecule has 1 unspecified atom stereocenters. The fraction of sp³-hybridized carbons (Fsp3) is 0.294. The predicted molar refractivity (Wildman–Crippen MR) is 97.8 cm³/mol. The summed E-state index contributed by atoms with van der Waals surface area (Å²) in [5, 5.41) is 8.25. The summed E-state index contributed by atoms with van der Waals surface area (Å²) >= 11 is 6.35. The van der Waals surface area contributed by atoms with Crippen LogP contribution in [0, 0.1) is 0 Å². The normalized spacial score (nSPS) is 18.1. The molecule has 9 heteroatoms. The molecule has 4 heterocycles. The van der Waals surface area contributed by atoms with Gasteiger partial charge in [0.1, 0.15) is 6.34 Å². The van der Waals surface area contributed by atoms with Gasteiger partial charge >= 0.3 is 0 Å². The van der Waals surface area contributed by atoms with E-state index < -0.39 is 0 Å². The zero-order valence-electron chi connectivity index (χ0n) is 14.5. The summed E-state index contributed by atoms with van der Waals surface area (Å²) in [6.45, 7) is 6.07. The molecule has 2 aromatic heterocycles. The number of hydrogen-bond donors (Lipinski definition) is 0. The number of fused-ring (bicyclic) bond motifs is 6. The summed E-state index contributed by atoms with van der Waals surface area (Å²) in [7, 11) is 0. The van der Waals surface area contributed by atoms with Crippen LogP contribution in [0.2, 0.25) is 5.28 Å². The fourth-order valence-electron chi connectivity index (χ4n) is 3.19. The lowest BCUT2D eigenvalue weighted by molar-refractivity contribution is 0.320. The maximum absolute atomic E-state index is 6.35. The Kier molecular flexibility index (Phi) is 3.00. The zero-order valence-corrected chi connectivity index (χ0v) is 15.2. The third kappa shape index (κ3) is 2.02. The predicted octanol–water partition coefficient (Wildman–Crippen LogP) is 3.49. The molecular formula is C17H16ClN7O. The van der Waals surface area contributed by atoms with Crippen LogP contribution in [0.25, 0.3) is 5.69 Å². The van der Waals surface area contributed by atoms with Gasteiger partial charge in [0.05, 0.1) is 11.9 Å². The minimum atomic E-state index is -0.235. The number of halogens is 1. The largest absolute Gasteiger partial charge is 0.337 e. The van der Waals surface area contributed by atoms with Gasteiger partial charge in [-0.05, 0) is 22.8 Å². The van der Waals surface area contributed by atoms with Gasteiger partial charge in [0.25, 0.3) is 5.95 Å². The molecule has 0 radical (unpaired) electrons. The molecule has 0 aliphatic carbocycles. The van der Waals surface area contributed by atoms with Crippen molar-refractivity contribution in [1.29, 1.82) is 0 Å². The Morgan fingerprint density at radius 3 is 2.77 bits per heavy atom. The molecule has 0 bridgehead atoms. The maximum atomic E-state index is 6.35. The molecule has 8 nitrogen and oxygen atoms in total. The SMILES string of the molecule is CC(C)(C)c1nc(N2C=NC3c4ccccc4-n4c(cnc4Cl)N32)no1. The third-order valence-electron chi connectivity index (χ3n) is 4.43. The molecule has 2 aliphatic rings. The molecule has 0 saturated heterocycles. The van der Waals surface area contributed by atoms with Gasteiger partial charge in [-0.2, -0.15) is 4.98 Å². The van der Waals surface area contributed by atoms with Crippen LogP contribution in [0.5, 0.6) is 0 Å². The van der Waals surface area contributed by atoms with Crippen molar-refractivity contribution in [1.82, 2.24) is 19.7 Å². The van der Waals surface area contributed by atoms with Crippen LogP contribution in [0.4, 0.5) is 11.8 Å². The molecule has 1 atom stereocenters. The molecule has 2 aliphatic heterocycles. The van der Waals surface area contributed by atoms with Crippen LogP contribution in [0.3, 0.4) is 0 Å². The van der Waals surface area contributed by atoms with Gasteiger partial charge in [0.15, 0.2) is 12.0 Å². The second-order valence-corrected chi connectivity index (χ2v) is 7.59. The number of para-hydroxylation sites is 1. The van der Waals surface area contributed by atoms with Crippen LogP contribution in [0.15, 0.2) is 40.0 Å². The number of hydrogen-bond acceptors (Lipinski definition) is 7. The highest BCUT2D eigenvalue weighted by Crippen LogP contribution is 2.44. The molecule has 0 saturated carbocycles. The van der Waals surface area contributed by atoms with Crippen molar-refractivity contribution in [3.05, 3.63) is 47.2 Å². The van der Waals surface area contributed by atoms with Gasteiger partial charge < -0.3 is 4.52 Å². The highest BCUT2D eigenvalue weighted by atomic mass is 35.5. The molecule has 132 valence electrons. The summed E-state index contributed by atoms with van der Waals surface area (Å²) < 4.78 is 7.33. The minimum Gasteiger partial charge on any atom is -0.337 e. The van der Waals surface area contributed by atoms with Crippen molar-refractivity contribution >= 4 is 29.7 Å². The van der Waals surface area contributed by atoms with Gasteiger partial charge in [-0.1, -0.05) is 39.0 Å². The van der Waals surface area contributed by atoms with E-state index in [-0.39, 0.29) is 11.6 Å². The first kappa shape index (κ1) is 15.4. The zero-order chi connectivity index (χ0) is 18.1. The van der Waals surface area contributed by atoms with Crippen molar-refractivity contribution in [2.24, 2.45) is 4.99 Å². The smallest absolute Gasteiger partial charge is 0.290 e. The van der Waals surface area contributed by atoms with Crippen LogP contribution >= 0.6 is 11.6 Å². The second kappa shape index (κ2) is 5.07. The maximum Gasteiger partial charge on any atom is 0.290 e. The fourth-order valence-corrected chi connectivity index (χ4v) is 3.41. The van der Waals surface area contributed by atoms with Gasteiger partial charge in [-0.15, -0.1) is 0 Å². The van der Waals surface area contributed by atoms with Gasteiger partial charge in [-0.25, -0.2) is 20.0 Å². The van der Waals surface area contributed by atoms with E-state index in [1.165, 1.54) is 0 Å². The number of imidazole rings is 1. The van der Waals surface area contributed by atoms with E-state index in [2.05, 4.69) is 20.1 Å². The monoisotopic (exact) mass is 369 g/mol. The van der Waals surface area contributed by atoms with E-state index in [0.717, 1.165) is 17.1 Å². The lowest BCUT2D eigenvalue weighted by atomic mass is 9.97. The number of nitrogens with zero attached hydrogens (tertiary/aromatic N) is 7. The first-order valence-corrected chi connectivity index (χ1v) is 8.61. The van der Waals surface area contributed by atoms with E-state index >= 15 is 0 Å². The molecular weight excluding hydrogens is 354 g/mol. The van der Waals surface area contributed by atoms with E-state index in [1.54, 1.807) is 17.5 Å². The third-order valence-corrected chi connectivity index (χ3v) is 4.70. The van der Waals surface area contributed by atoms with E-state index in [9.17, 15) is 0 Å². The summed E-state index contributed by atoms with van der Waals surface area (Å²) in [6, 6.07) is 7.99. The van der Waals surface area contributed by atoms with Crippen molar-refractivity contribution in [3.8, 4) is 5.69 Å². The first-order chi connectivity index (χ1) is 12.4. The standard InChI is InChI=1S/C17H16ClN7O/c1-17(2,3)14-21-16(22-26-14)23-9-20-13-10-6-4-5-7-11(10)24-12(25(13)23)8-19-15(24)18/h4-9,13H,1-3H3. The lowest BCUT2D eigenvalue weighted by Crippen LogP contribution is -2.43. The second-order valence-electron chi connectivity index (χ2n) is 7.26. The number of rotatable bonds is 1. The Morgan fingerprint density at radius 1 is 1.19 bits per heavy atom. The number of aromatic nitrogens is 4. The Morgan fingerprint density at radius 2 is 2.00 bits per heavy atom. The Labute approximate surface area is 154 Å². The average Bonchev–Trinajstić information content (AvgIpc) is 3.31. The molecule has 5 rings (SSSR count). The number of anilines is 2. The Bertz CT molecular complexity index is 1030. The van der Waals surface area contributed by atoms with Gasteiger partial charge in [0, 0.05) is 11.0 Å². The summed E-state index contributed by atoms with van der Waals surface area (Å²) in [5.74, 6) is 1.77. The Balaban J connectivity index is 1.64. The Hall–Kier alpha value is -2.87. The van der Waals surface area contributed by atoms with Crippen LogP contribution in [0.1, 0.15) is 38.4 Å². The van der Waals surface area contributed by atoms with Gasteiger partial charge in [0.2, 0.25) is 11.2 Å². The lowest BCUT2D eigenvalue weighted by Gasteiger charge is -2.36. The molecule has 0 N–H and O–H groups in total. The van der Waals surface area contributed by atoms with E-state index in [0.29, 0.717) is 17.1 Å². The van der Waals surface area contributed by atoms with Gasteiger partial charge in [-0.3, -0.25) is 4.57 Å². The highest BCUT2D eigenvalue weighted by Gasteiger charge is 2.41. The van der Waals surface area contributed by atoms with E-state index in [1.807, 2.05) is 54.6 Å². The minimum absolute atomic E-state index is 0.233. The molecule has 0 fully saturated rings. The molecule has 3 aromatic rings. The van der Waals surface area contributed by atoms with Crippen molar-refractivity contribution in [2.45, 2.75) is 32.4 Å². The summed E-state index contributed by atoms with van der Waals surface area (Å²) in [6.07, 6.45) is 3.19. The first-order valence-electron chi connectivity index (χ1n) is 8.23. The van der Waals surface area contributed by atoms with Crippen LogP contribution in [-0.4, -0.2) is 26.0 Å². The van der Waals surface area contributed by atoms with Crippen molar-refractivity contribution in [3.63, 3.8) is 0 Å².